The Morgan fingerprint density at radius 1 is 1.44 bits per heavy atom. The van der Waals surface area contributed by atoms with E-state index < -0.39 is 5.97 Å². The minimum atomic E-state index is -0.909. The highest BCUT2D eigenvalue weighted by Gasteiger charge is 2.15. The summed E-state index contributed by atoms with van der Waals surface area (Å²) in [6.07, 6.45) is 1.79. The summed E-state index contributed by atoms with van der Waals surface area (Å²) < 4.78 is 1.84. The molecule has 0 fully saturated rings. The number of nitrogens with one attached hydrogen (secondary N) is 1. The Hall–Kier alpha value is -1.78. The van der Waals surface area contributed by atoms with Gasteiger partial charge in [-0.3, -0.25) is 4.79 Å². The van der Waals surface area contributed by atoms with E-state index in [0.717, 1.165) is 11.3 Å². The van der Waals surface area contributed by atoms with Gasteiger partial charge < -0.3 is 15.0 Å². The molecule has 1 rings (SSSR count). The fraction of sp³-hybridized carbons (Fsp3) is 0.455. The van der Waals surface area contributed by atoms with Gasteiger partial charge >= 0.3 is 5.97 Å². The van der Waals surface area contributed by atoms with Gasteiger partial charge in [0.15, 0.2) is 0 Å². The maximum Gasteiger partial charge on any atom is 0.337 e. The predicted octanol–water partition coefficient (Wildman–Crippen LogP) is 0.939. The second-order valence-corrected chi connectivity index (χ2v) is 3.75. The number of carboxylic acid groups (broad SMARTS) is 1. The number of aromatic carboxylic acids is 1. The summed E-state index contributed by atoms with van der Waals surface area (Å²) in [6.45, 7) is 6.08. The molecule has 1 aromatic rings. The lowest BCUT2D eigenvalue weighted by Crippen LogP contribution is -2.24. The van der Waals surface area contributed by atoms with Crippen LogP contribution >= 0.6 is 0 Å². The second kappa shape index (κ2) is 4.83. The van der Waals surface area contributed by atoms with Crippen LogP contribution in [0.2, 0.25) is 0 Å². The molecular weight excluding hydrogens is 208 g/mol. The number of aryl methyl sites for hydroxylation is 1. The molecule has 0 atom stereocenters. The first-order valence-corrected chi connectivity index (χ1v) is 5.07. The Labute approximate surface area is 94.1 Å². The average molecular weight is 224 g/mol. The molecule has 0 unspecified atom stereocenters. The smallest absolute Gasteiger partial charge is 0.337 e. The number of hydrogen-bond donors (Lipinski definition) is 2. The molecule has 1 amide bonds. The van der Waals surface area contributed by atoms with Crippen molar-refractivity contribution in [3.63, 3.8) is 0 Å². The van der Waals surface area contributed by atoms with Crippen LogP contribution in [0.15, 0.2) is 6.20 Å². The molecule has 5 nitrogen and oxygen atoms in total. The molecule has 88 valence electrons. The van der Waals surface area contributed by atoms with Gasteiger partial charge in [0.2, 0.25) is 5.91 Å². The number of amides is 1. The standard InChI is InChI=1S/C11H16N2O3/c1-7-6-13(5-4-12-9(3)14)8(2)10(7)11(15)16/h6H,4-5H2,1-3H3,(H,12,14)(H,15,16). The first kappa shape index (κ1) is 12.3. The summed E-state index contributed by atoms with van der Waals surface area (Å²) >= 11 is 0. The lowest BCUT2D eigenvalue weighted by atomic mass is 10.2. The highest BCUT2D eigenvalue weighted by atomic mass is 16.4. The van der Waals surface area contributed by atoms with Crippen LogP contribution in [0.4, 0.5) is 0 Å². The summed E-state index contributed by atoms with van der Waals surface area (Å²) in [5, 5.41) is 11.7. The Kier molecular flexibility index (Phi) is 3.71. The Morgan fingerprint density at radius 3 is 2.50 bits per heavy atom. The van der Waals surface area contributed by atoms with Crippen molar-refractivity contribution in [2.24, 2.45) is 0 Å². The quantitative estimate of drug-likeness (QED) is 0.799. The van der Waals surface area contributed by atoms with Crippen LogP contribution in [0.1, 0.15) is 28.5 Å². The first-order valence-electron chi connectivity index (χ1n) is 5.07. The summed E-state index contributed by atoms with van der Waals surface area (Å²) in [6, 6.07) is 0. The average Bonchev–Trinajstić information content (AvgIpc) is 2.41. The highest BCUT2D eigenvalue weighted by molar-refractivity contribution is 5.90. The van der Waals surface area contributed by atoms with E-state index in [4.69, 9.17) is 5.11 Å². The lowest BCUT2D eigenvalue weighted by Gasteiger charge is -2.06. The van der Waals surface area contributed by atoms with E-state index in [1.54, 1.807) is 20.0 Å². The van der Waals surface area contributed by atoms with Crippen molar-refractivity contribution in [1.29, 1.82) is 0 Å². The monoisotopic (exact) mass is 224 g/mol. The number of aromatic nitrogens is 1. The van der Waals surface area contributed by atoms with Gasteiger partial charge in [-0.1, -0.05) is 0 Å². The third kappa shape index (κ3) is 2.62. The van der Waals surface area contributed by atoms with E-state index in [9.17, 15) is 9.59 Å². The van der Waals surface area contributed by atoms with Crippen molar-refractivity contribution in [2.75, 3.05) is 6.54 Å². The van der Waals surface area contributed by atoms with E-state index in [0.29, 0.717) is 18.7 Å². The van der Waals surface area contributed by atoms with E-state index in [2.05, 4.69) is 5.32 Å². The minimum absolute atomic E-state index is 0.0833. The molecule has 0 saturated heterocycles. The van der Waals surface area contributed by atoms with Crippen LogP contribution in [0.5, 0.6) is 0 Å². The minimum Gasteiger partial charge on any atom is -0.478 e. The van der Waals surface area contributed by atoms with Gasteiger partial charge in [0.25, 0.3) is 0 Å². The van der Waals surface area contributed by atoms with Gasteiger partial charge in [0.1, 0.15) is 0 Å². The summed E-state index contributed by atoms with van der Waals surface area (Å²) in [5.41, 5.74) is 1.81. The molecular formula is C11H16N2O3. The molecule has 0 aliphatic rings. The normalized spacial score (nSPS) is 10.2. The highest BCUT2D eigenvalue weighted by Crippen LogP contribution is 2.15. The van der Waals surface area contributed by atoms with Gasteiger partial charge in [-0.2, -0.15) is 0 Å². The number of nitrogens with zero attached hydrogens (tertiary/aromatic N) is 1. The molecule has 0 aliphatic heterocycles. The topological polar surface area (TPSA) is 71.3 Å². The van der Waals surface area contributed by atoms with Crippen molar-refractivity contribution >= 4 is 11.9 Å². The van der Waals surface area contributed by atoms with Crippen LogP contribution in [-0.4, -0.2) is 28.1 Å². The summed E-state index contributed by atoms with van der Waals surface area (Å²) in [7, 11) is 0. The van der Waals surface area contributed by atoms with Crippen LogP contribution in [0.25, 0.3) is 0 Å². The molecule has 0 bridgehead atoms. The van der Waals surface area contributed by atoms with Gasteiger partial charge in [0, 0.05) is 31.9 Å². The van der Waals surface area contributed by atoms with E-state index in [1.165, 1.54) is 6.92 Å². The zero-order valence-corrected chi connectivity index (χ0v) is 9.70. The number of rotatable bonds is 4. The van der Waals surface area contributed by atoms with Gasteiger partial charge in [0.05, 0.1) is 5.56 Å². The Morgan fingerprint density at radius 2 is 2.06 bits per heavy atom. The number of carbonyl (C=O) groups is 2. The molecule has 5 heteroatoms. The number of carbonyl (C=O) groups excluding carboxylic acids is 1. The fourth-order valence-corrected chi connectivity index (χ4v) is 1.73. The zero-order chi connectivity index (χ0) is 12.3. The molecule has 0 aliphatic carbocycles. The third-order valence-electron chi connectivity index (χ3n) is 2.48. The Bertz CT molecular complexity index is 421. The number of hydrogen-bond acceptors (Lipinski definition) is 2. The van der Waals surface area contributed by atoms with E-state index in [-0.39, 0.29) is 5.91 Å². The molecule has 0 radical (unpaired) electrons. The van der Waals surface area contributed by atoms with Crippen molar-refractivity contribution in [3.8, 4) is 0 Å². The maximum atomic E-state index is 11.0. The molecule has 1 aromatic heterocycles. The third-order valence-corrected chi connectivity index (χ3v) is 2.48. The van der Waals surface area contributed by atoms with Crippen molar-refractivity contribution < 1.29 is 14.7 Å². The fourth-order valence-electron chi connectivity index (χ4n) is 1.73. The lowest BCUT2D eigenvalue weighted by molar-refractivity contribution is -0.118. The van der Waals surface area contributed by atoms with Crippen LogP contribution in [-0.2, 0) is 11.3 Å². The van der Waals surface area contributed by atoms with Gasteiger partial charge in [-0.15, -0.1) is 0 Å². The zero-order valence-electron chi connectivity index (χ0n) is 9.70. The van der Waals surface area contributed by atoms with E-state index in [1.807, 2.05) is 4.57 Å². The van der Waals surface area contributed by atoms with Crippen molar-refractivity contribution in [3.05, 3.63) is 23.0 Å². The maximum absolute atomic E-state index is 11.0. The molecule has 16 heavy (non-hydrogen) atoms. The van der Waals surface area contributed by atoms with Crippen LogP contribution < -0.4 is 5.32 Å². The SMILES string of the molecule is CC(=O)NCCn1cc(C)c(C(=O)O)c1C. The van der Waals surface area contributed by atoms with Gasteiger partial charge in [-0.05, 0) is 19.4 Å². The molecule has 0 aromatic carbocycles. The number of carboxylic acids is 1. The van der Waals surface area contributed by atoms with Crippen LogP contribution in [0, 0.1) is 13.8 Å². The van der Waals surface area contributed by atoms with Crippen molar-refractivity contribution in [2.45, 2.75) is 27.3 Å². The van der Waals surface area contributed by atoms with Crippen LogP contribution in [0.3, 0.4) is 0 Å². The second-order valence-electron chi connectivity index (χ2n) is 3.75. The van der Waals surface area contributed by atoms with Gasteiger partial charge in [-0.25, -0.2) is 4.79 Å². The van der Waals surface area contributed by atoms with E-state index >= 15 is 0 Å². The largest absolute Gasteiger partial charge is 0.478 e. The van der Waals surface area contributed by atoms with Crippen molar-refractivity contribution in [1.82, 2.24) is 9.88 Å². The summed E-state index contributed by atoms with van der Waals surface area (Å²) in [5.74, 6) is -0.992. The molecule has 2 N–H and O–H groups in total. The molecule has 0 spiro atoms. The summed E-state index contributed by atoms with van der Waals surface area (Å²) in [4.78, 5) is 21.6. The molecule has 0 saturated carbocycles. The first-order chi connectivity index (χ1) is 7.43. The Balaban J connectivity index is 2.79. The molecule has 1 heterocycles. The predicted molar refractivity (Wildman–Crippen MR) is 59.5 cm³/mol.